The molecule has 0 bridgehead atoms. The lowest BCUT2D eigenvalue weighted by molar-refractivity contribution is 0.0730. The number of rotatable bonds is 4. The van der Waals surface area contributed by atoms with Gasteiger partial charge in [0.15, 0.2) is 0 Å². The molecule has 3 heterocycles. The van der Waals surface area contributed by atoms with Crippen LogP contribution in [-0.2, 0) is 6.42 Å². The van der Waals surface area contributed by atoms with E-state index in [4.69, 9.17) is 0 Å². The minimum atomic E-state index is 0.135. The van der Waals surface area contributed by atoms with Crippen LogP contribution in [0.3, 0.4) is 0 Å². The summed E-state index contributed by atoms with van der Waals surface area (Å²) < 4.78 is 0. The smallest absolute Gasteiger partial charge is 0.254 e. The second kappa shape index (κ2) is 6.69. The number of hydrogen-bond donors (Lipinski definition) is 0. The summed E-state index contributed by atoms with van der Waals surface area (Å²) in [6, 6.07) is 8.13. The highest BCUT2D eigenvalue weighted by molar-refractivity contribution is 5.94. The number of hydrogen-bond acceptors (Lipinski definition) is 3. The van der Waals surface area contributed by atoms with Crippen molar-refractivity contribution in [3.8, 4) is 0 Å². The summed E-state index contributed by atoms with van der Waals surface area (Å²) in [5, 5.41) is 0. The van der Waals surface area contributed by atoms with E-state index < -0.39 is 0 Å². The van der Waals surface area contributed by atoms with Gasteiger partial charge in [0.25, 0.3) is 5.91 Å². The van der Waals surface area contributed by atoms with Crippen LogP contribution in [0.4, 0.5) is 0 Å². The van der Waals surface area contributed by atoms with Crippen molar-refractivity contribution >= 4 is 5.91 Å². The fraction of sp³-hybridized carbons (Fsp3) is 0.389. The summed E-state index contributed by atoms with van der Waals surface area (Å²) in [7, 11) is 0. The van der Waals surface area contributed by atoms with Crippen LogP contribution in [0.1, 0.15) is 40.9 Å². The molecule has 1 saturated heterocycles. The number of nitrogens with zero attached hydrogens (tertiary/aromatic N) is 3. The van der Waals surface area contributed by atoms with Crippen LogP contribution < -0.4 is 0 Å². The molecule has 1 unspecified atom stereocenters. The third kappa shape index (κ3) is 3.32. The number of aryl methyl sites for hydroxylation is 2. The van der Waals surface area contributed by atoms with Crippen molar-refractivity contribution in [1.29, 1.82) is 0 Å². The number of amides is 1. The second-order valence-electron chi connectivity index (χ2n) is 5.87. The Morgan fingerprint density at radius 3 is 2.86 bits per heavy atom. The largest absolute Gasteiger partial charge is 0.336 e. The van der Waals surface area contributed by atoms with Gasteiger partial charge in [-0.25, -0.2) is 0 Å². The highest BCUT2D eigenvalue weighted by atomic mass is 16.2. The second-order valence-corrected chi connectivity index (χ2v) is 5.87. The Morgan fingerprint density at radius 2 is 2.09 bits per heavy atom. The van der Waals surface area contributed by atoms with E-state index in [0.29, 0.717) is 6.04 Å². The van der Waals surface area contributed by atoms with Crippen LogP contribution in [0.2, 0.25) is 0 Å². The molecule has 0 aliphatic carbocycles. The average Bonchev–Trinajstić information content (AvgIpc) is 3.01. The molecule has 1 atom stereocenters. The lowest BCUT2D eigenvalue weighted by atomic mass is 10.0. The number of carbonyl (C=O) groups excluding carboxylic acids is 1. The van der Waals surface area contributed by atoms with E-state index >= 15 is 0 Å². The minimum absolute atomic E-state index is 0.135. The zero-order chi connectivity index (χ0) is 15.4. The van der Waals surface area contributed by atoms with Gasteiger partial charge in [0, 0.05) is 42.4 Å². The maximum absolute atomic E-state index is 12.6. The Kier molecular flexibility index (Phi) is 4.47. The number of aromatic nitrogens is 2. The first-order chi connectivity index (χ1) is 10.7. The monoisotopic (exact) mass is 295 g/mol. The first kappa shape index (κ1) is 14.7. The van der Waals surface area contributed by atoms with Gasteiger partial charge in [0.2, 0.25) is 0 Å². The van der Waals surface area contributed by atoms with Crippen LogP contribution in [-0.4, -0.2) is 33.4 Å². The van der Waals surface area contributed by atoms with Crippen molar-refractivity contribution in [2.75, 3.05) is 6.54 Å². The first-order valence-corrected chi connectivity index (χ1v) is 7.86. The van der Waals surface area contributed by atoms with E-state index in [-0.39, 0.29) is 5.91 Å². The molecule has 2 aromatic rings. The van der Waals surface area contributed by atoms with E-state index in [2.05, 4.69) is 22.1 Å². The van der Waals surface area contributed by atoms with Gasteiger partial charge >= 0.3 is 0 Å². The summed E-state index contributed by atoms with van der Waals surface area (Å²) in [5.74, 6) is 0.135. The molecule has 2 aromatic heterocycles. The molecule has 1 amide bonds. The van der Waals surface area contributed by atoms with Crippen molar-refractivity contribution in [2.24, 2.45) is 0 Å². The van der Waals surface area contributed by atoms with E-state index in [1.54, 1.807) is 24.5 Å². The van der Waals surface area contributed by atoms with Crippen LogP contribution in [0, 0.1) is 6.92 Å². The molecule has 0 N–H and O–H groups in total. The van der Waals surface area contributed by atoms with Crippen molar-refractivity contribution < 1.29 is 4.79 Å². The van der Waals surface area contributed by atoms with E-state index in [9.17, 15) is 4.79 Å². The number of pyridine rings is 2. The summed E-state index contributed by atoms with van der Waals surface area (Å²) >= 11 is 0. The summed E-state index contributed by atoms with van der Waals surface area (Å²) in [5.41, 5.74) is 3.09. The highest BCUT2D eigenvalue weighted by Crippen LogP contribution is 2.24. The fourth-order valence-electron chi connectivity index (χ4n) is 3.16. The molecule has 0 spiro atoms. The zero-order valence-corrected chi connectivity index (χ0v) is 12.9. The molecule has 22 heavy (non-hydrogen) atoms. The molecule has 1 aliphatic rings. The molecule has 1 fully saturated rings. The Hall–Kier alpha value is -2.23. The molecule has 4 nitrogen and oxygen atoms in total. The SMILES string of the molecule is Cc1cc(CCC2CCCN2C(=O)c2ccncc2)ccn1. The number of likely N-dealkylation sites (tertiary alicyclic amines) is 1. The van der Waals surface area contributed by atoms with Crippen LogP contribution in [0.5, 0.6) is 0 Å². The Balaban J connectivity index is 1.65. The Labute approximate surface area is 131 Å². The van der Waals surface area contributed by atoms with Gasteiger partial charge < -0.3 is 4.90 Å². The molecule has 0 aromatic carbocycles. The van der Waals surface area contributed by atoms with E-state index in [1.165, 1.54) is 5.56 Å². The van der Waals surface area contributed by atoms with Crippen LogP contribution in [0.15, 0.2) is 42.9 Å². The molecular weight excluding hydrogens is 274 g/mol. The zero-order valence-electron chi connectivity index (χ0n) is 12.9. The predicted molar refractivity (Wildman–Crippen MR) is 85.6 cm³/mol. The van der Waals surface area contributed by atoms with Gasteiger partial charge in [-0.1, -0.05) is 0 Å². The topological polar surface area (TPSA) is 46.1 Å². The summed E-state index contributed by atoms with van der Waals surface area (Å²) in [6.45, 7) is 2.87. The predicted octanol–water partition coefficient (Wildman–Crippen LogP) is 3.02. The maximum Gasteiger partial charge on any atom is 0.254 e. The lowest BCUT2D eigenvalue weighted by Crippen LogP contribution is -2.35. The normalized spacial score (nSPS) is 17.7. The fourth-order valence-corrected chi connectivity index (χ4v) is 3.16. The van der Waals surface area contributed by atoms with Gasteiger partial charge in [0.1, 0.15) is 0 Å². The molecule has 114 valence electrons. The Bertz CT molecular complexity index is 642. The molecular formula is C18H21N3O. The van der Waals surface area contributed by atoms with Gasteiger partial charge in [-0.3, -0.25) is 14.8 Å². The van der Waals surface area contributed by atoms with E-state index in [0.717, 1.165) is 43.5 Å². The van der Waals surface area contributed by atoms with Crippen molar-refractivity contribution in [2.45, 2.75) is 38.6 Å². The highest BCUT2D eigenvalue weighted by Gasteiger charge is 2.28. The van der Waals surface area contributed by atoms with Gasteiger partial charge in [-0.15, -0.1) is 0 Å². The third-order valence-corrected chi connectivity index (χ3v) is 4.29. The van der Waals surface area contributed by atoms with Gasteiger partial charge in [-0.2, -0.15) is 0 Å². The molecule has 0 radical (unpaired) electrons. The standard InChI is InChI=1S/C18H21N3O/c1-14-13-15(6-11-20-14)4-5-17-3-2-12-21(17)18(22)16-7-9-19-10-8-16/h6-11,13,17H,2-5,12H2,1H3. The van der Waals surface area contributed by atoms with E-state index in [1.807, 2.05) is 18.0 Å². The summed E-state index contributed by atoms with van der Waals surface area (Å²) in [6.07, 6.45) is 9.42. The van der Waals surface area contributed by atoms with Gasteiger partial charge in [-0.05, 0) is 62.4 Å². The van der Waals surface area contributed by atoms with Crippen LogP contribution in [0.25, 0.3) is 0 Å². The maximum atomic E-state index is 12.6. The van der Waals surface area contributed by atoms with Crippen molar-refractivity contribution in [3.05, 3.63) is 59.7 Å². The quantitative estimate of drug-likeness (QED) is 0.871. The molecule has 1 aliphatic heterocycles. The van der Waals surface area contributed by atoms with Crippen molar-refractivity contribution in [1.82, 2.24) is 14.9 Å². The molecule has 3 rings (SSSR count). The average molecular weight is 295 g/mol. The lowest BCUT2D eigenvalue weighted by Gasteiger charge is -2.25. The molecule has 4 heteroatoms. The minimum Gasteiger partial charge on any atom is -0.336 e. The third-order valence-electron chi connectivity index (χ3n) is 4.29. The van der Waals surface area contributed by atoms with Gasteiger partial charge in [0.05, 0.1) is 0 Å². The first-order valence-electron chi connectivity index (χ1n) is 7.86. The number of carbonyl (C=O) groups is 1. The Morgan fingerprint density at radius 1 is 1.27 bits per heavy atom. The molecule has 0 saturated carbocycles. The van der Waals surface area contributed by atoms with Crippen LogP contribution >= 0.6 is 0 Å². The summed E-state index contributed by atoms with van der Waals surface area (Å²) in [4.78, 5) is 22.9. The van der Waals surface area contributed by atoms with Crippen molar-refractivity contribution in [3.63, 3.8) is 0 Å².